The molecule has 1 aliphatic rings. The van der Waals surface area contributed by atoms with Gasteiger partial charge in [0.1, 0.15) is 0 Å². The summed E-state index contributed by atoms with van der Waals surface area (Å²) < 4.78 is 37.0. The molecule has 1 saturated heterocycles. The van der Waals surface area contributed by atoms with Crippen molar-refractivity contribution in [3.8, 4) is 0 Å². The van der Waals surface area contributed by atoms with Crippen LogP contribution in [0.25, 0.3) is 0 Å². The van der Waals surface area contributed by atoms with Crippen molar-refractivity contribution in [2.45, 2.75) is 11.0 Å². The molecule has 21 heavy (non-hydrogen) atoms. The highest BCUT2D eigenvalue weighted by Crippen LogP contribution is 2.25. The number of anilines is 1. The Morgan fingerprint density at radius 3 is 2.81 bits per heavy atom. The van der Waals surface area contributed by atoms with Gasteiger partial charge in [0.2, 0.25) is 10.0 Å². The van der Waals surface area contributed by atoms with Crippen LogP contribution in [0.3, 0.4) is 0 Å². The van der Waals surface area contributed by atoms with E-state index in [0.717, 1.165) is 12.1 Å². The van der Waals surface area contributed by atoms with Crippen molar-refractivity contribution in [3.05, 3.63) is 28.3 Å². The Morgan fingerprint density at radius 1 is 1.43 bits per heavy atom. The molecule has 0 bridgehead atoms. The second-order valence-corrected chi connectivity index (χ2v) is 6.14. The van der Waals surface area contributed by atoms with Gasteiger partial charge in [-0.3, -0.25) is 10.1 Å². The molecule has 3 N–H and O–H groups in total. The Kier molecular flexibility index (Phi) is 4.73. The van der Waals surface area contributed by atoms with Crippen molar-refractivity contribution in [1.29, 1.82) is 0 Å². The Morgan fingerprint density at radius 2 is 2.19 bits per heavy atom. The van der Waals surface area contributed by atoms with E-state index in [0.29, 0.717) is 13.2 Å². The lowest BCUT2D eigenvalue weighted by Gasteiger charge is -2.23. The van der Waals surface area contributed by atoms with E-state index in [1.165, 1.54) is 6.07 Å². The lowest BCUT2D eigenvalue weighted by Crippen LogP contribution is -2.39. The maximum absolute atomic E-state index is 12.2. The molecule has 10 heteroatoms. The summed E-state index contributed by atoms with van der Waals surface area (Å²) in [6.07, 6.45) is -0.415. The van der Waals surface area contributed by atoms with Crippen LogP contribution in [0.1, 0.15) is 0 Å². The summed E-state index contributed by atoms with van der Waals surface area (Å²) in [5.74, 6) is 0. The van der Waals surface area contributed by atoms with Gasteiger partial charge in [-0.15, -0.1) is 0 Å². The van der Waals surface area contributed by atoms with Crippen LogP contribution in [-0.2, 0) is 19.5 Å². The first-order chi connectivity index (χ1) is 9.90. The number of nitro benzene ring substituents is 1. The Hall–Kier alpha value is -1.75. The van der Waals surface area contributed by atoms with Gasteiger partial charge >= 0.3 is 0 Å². The number of nitrogen functional groups attached to an aromatic ring is 1. The maximum Gasteiger partial charge on any atom is 0.291 e. The summed E-state index contributed by atoms with van der Waals surface area (Å²) in [6.45, 7) is 1.09. The average Bonchev–Trinajstić information content (AvgIpc) is 2.46. The molecule has 9 nitrogen and oxygen atoms in total. The molecule has 0 aromatic heterocycles. The van der Waals surface area contributed by atoms with E-state index in [-0.39, 0.29) is 18.8 Å². The molecule has 0 saturated carbocycles. The van der Waals surface area contributed by atoms with E-state index in [2.05, 4.69) is 4.72 Å². The number of ether oxygens (including phenoxy) is 2. The molecule has 0 radical (unpaired) electrons. The molecule has 0 aliphatic carbocycles. The molecular weight excluding hydrogens is 302 g/mol. The standard InChI is InChI=1S/C11H15N3O6S/c12-8-1-2-11(10(5-8)14(15)16)21(17,18)13-6-9-7-19-3-4-20-9/h1-2,5,9,13H,3-4,6-7,12H2. The number of hydrogen-bond acceptors (Lipinski definition) is 7. The molecule has 0 amide bonds. The smallest absolute Gasteiger partial charge is 0.291 e. The Bertz CT molecular complexity index is 627. The summed E-state index contributed by atoms with van der Waals surface area (Å²) in [6, 6.07) is 3.41. The number of sulfonamides is 1. The molecule has 1 aromatic rings. The number of benzene rings is 1. The highest BCUT2D eigenvalue weighted by Gasteiger charge is 2.27. The normalized spacial score (nSPS) is 19.3. The third-order valence-electron chi connectivity index (χ3n) is 2.86. The van der Waals surface area contributed by atoms with Gasteiger partial charge in [-0.2, -0.15) is 0 Å². The van der Waals surface area contributed by atoms with Gasteiger partial charge in [0, 0.05) is 18.3 Å². The van der Waals surface area contributed by atoms with Crippen LogP contribution in [0, 0.1) is 10.1 Å². The molecule has 1 atom stereocenters. The van der Waals surface area contributed by atoms with Gasteiger partial charge in [-0.25, -0.2) is 13.1 Å². The zero-order chi connectivity index (χ0) is 15.5. The Balaban J connectivity index is 2.17. The first-order valence-corrected chi connectivity index (χ1v) is 7.61. The minimum absolute atomic E-state index is 0.0239. The number of rotatable bonds is 5. The third kappa shape index (κ3) is 3.88. The summed E-state index contributed by atoms with van der Waals surface area (Å²) in [5.41, 5.74) is 4.99. The Labute approximate surface area is 121 Å². The van der Waals surface area contributed by atoms with Crippen LogP contribution >= 0.6 is 0 Å². The fraction of sp³-hybridized carbons (Fsp3) is 0.455. The summed E-state index contributed by atoms with van der Waals surface area (Å²) in [7, 11) is -4.03. The minimum atomic E-state index is -4.03. The number of hydrogen-bond donors (Lipinski definition) is 2. The van der Waals surface area contributed by atoms with Gasteiger partial charge < -0.3 is 15.2 Å². The molecule has 1 heterocycles. The van der Waals surface area contributed by atoms with Crippen LogP contribution in [-0.4, -0.2) is 45.8 Å². The van der Waals surface area contributed by atoms with Crippen molar-refractivity contribution in [2.24, 2.45) is 0 Å². The van der Waals surface area contributed by atoms with Crippen LogP contribution in [0.15, 0.2) is 23.1 Å². The van der Waals surface area contributed by atoms with Gasteiger partial charge in [-0.1, -0.05) is 0 Å². The molecule has 1 aliphatic heterocycles. The van der Waals surface area contributed by atoms with Crippen molar-refractivity contribution >= 4 is 21.4 Å². The van der Waals surface area contributed by atoms with E-state index in [4.69, 9.17) is 15.2 Å². The SMILES string of the molecule is Nc1ccc(S(=O)(=O)NCC2COCCO2)c([N+](=O)[O-])c1. The van der Waals surface area contributed by atoms with Gasteiger partial charge in [0.15, 0.2) is 4.90 Å². The lowest BCUT2D eigenvalue weighted by molar-refractivity contribution is -0.387. The van der Waals surface area contributed by atoms with Crippen LogP contribution in [0.5, 0.6) is 0 Å². The quantitative estimate of drug-likeness (QED) is 0.439. The highest BCUT2D eigenvalue weighted by atomic mass is 32.2. The summed E-state index contributed by atoms with van der Waals surface area (Å²) in [4.78, 5) is 9.72. The second kappa shape index (κ2) is 6.35. The lowest BCUT2D eigenvalue weighted by atomic mass is 10.3. The monoisotopic (exact) mass is 317 g/mol. The molecular formula is C11H15N3O6S. The molecule has 116 valence electrons. The molecule has 2 rings (SSSR count). The second-order valence-electron chi connectivity index (χ2n) is 4.40. The van der Waals surface area contributed by atoms with E-state index < -0.39 is 31.6 Å². The minimum Gasteiger partial charge on any atom is -0.399 e. The van der Waals surface area contributed by atoms with Crippen LogP contribution in [0.2, 0.25) is 0 Å². The van der Waals surface area contributed by atoms with E-state index in [9.17, 15) is 18.5 Å². The molecule has 1 unspecified atom stereocenters. The van der Waals surface area contributed by atoms with Crippen molar-refractivity contribution < 1.29 is 22.8 Å². The van der Waals surface area contributed by atoms with Crippen molar-refractivity contribution in [1.82, 2.24) is 4.72 Å². The molecule has 0 spiro atoms. The van der Waals surface area contributed by atoms with Crippen molar-refractivity contribution in [3.63, 3.8) is 0 Å². The fourth-order valence-electron chi connectivity index (χ4n) is 1.84. The fourth-order valence-corrected chi connectivity index (χ4v) is 3.06. The van der Waals surface area contributed by atoms with E-state index in [1.807, 2.05) is 0 Å². The predicted octanol–water partition coefficient (Wildman–Crippen LogP) is -0.129. The first-order valence-electron chi connectivity index (χ1n) is 6.13. The van der Waals surface area contributed by atoms with E-state index >= 15 is 0 Å². The summed E-state index contributed by atoms with van der Waals surface area (Å²) in [5, 5.41) is 10.9. The van der Waals surface area contributed by atoms with Crippen LogP contribution < -0.4 is 10.5 Å². The summed E-state index contributed by atoms with van der Waals surface area (Å²) >= 11 is 0. The van der Waals surface area contributed by atoms with Crippen molar-refractivity contribution in [2.75, 3.05) is 32.1 Å². The van der Waals surface area contributed by atoms with Gasteiger partial charge in [0.25, 0.3) is 5.69 Å². The zero-order valence-electron chi connectivity index (χ0n) is 11.0. The highest BCUT2D eigenvalue weighted by molar-refractivity contribution is 7.89. The zero-order valence-corrected chi connectivity index (χ0v) is 11.8. The van der Waals surface area contributed by atoms with Crippen LogP contribution in [0.4, 0.5) is 11.4 Å². The largest absolute Gasteiger partial charge is 0.399 e. The number of nitro groups is 1. The third-order valence-corrected chi connectivity index (χ3v) is 4.33. The topological polar surface area (TPSA) is 134 Å². The van der Waals surface area contributed by atoms with E-state index in [1.54, 1.807) is 0 Å². The predicted molar refractivity (Wildman–Crippen MR) is 73.3 cm³/mol. The number of nitrogens with zero attached hydrogens (tertiary/aromatic N) is 1. The van der Waals surface area contributed by atoms with Gasteiger partial charge in [-0.05, 0) is 12.1 Å². The average molecular weight is 317 g/mol. The number of nitrogens with one attached hydrogen (secondary N) is 1. The molecule has 1 aromatic carbocycles. The molecule has 1 fully saturated rings. The number of nitrogens with two attached hydrogens (primary N) is 1. The first kappa shape index (κ1) is 15.6. The van der Waals surface area contributed by atoms with Gasteiger partial charge in [0.05, 0.1) is 30.8 Å². The maximum atomic E-state index is 12.2.